The second-order valence-corrected chi connectivity index (χ2v) is 9.11. The largest absolute Gasteiger partial charge is 0.480 e. The number of Topliss-reactive ketones (excluding diaryl/α,β-unsaturated/α-hetero) is 1. The number of fused-ring (bicyclic) bond motifs is 1. The van der Waals surface area contributed by atoms with Gasteiger partial charge in [0, 0.05) is 21.4 Å². The Morgan fingerprint density at radius 1 is 1.07 bits per heavy atom. The highest BCUT2D eigenvalue weighted by atomic mass is 35.5. The van der Waals surface area contributed by atoms with Crippen LogP contribution >= 0.6 is 34.7 Å². The lowest BCUT2D eigenvalue weighted by atomic mass is 9.78. The highest BCUT2D eigenvalue weighted by Crippen LogP contribution is 2.50. The molecule has 2 aromatic carbocycles. The normalized spacial score (nSPS) is 20.8. The molecule has 0 fully saturated rings. The average molecular weight is 450 g/mol. The third kappa shape index (κ3) is 3.75. The van der Waals surface area contributed by atoms with Crippen LogP contribution in [0.3, 0.4) is 0 Å². The number of aliphatic carboxylic acids is 1. The monoisotopic (exact) mass is 449 g/mol. The summed E-state index contributed by atoms with van der Waals surface area (Å²) in [6, 6.07) is 11.8. The van der Waals surface area contributed by atoms with Gasteiger partial charge < -0.3 is 10.1 Å². The van der Waals surface area contributed by atoms with E-state index < -0.39 is 34.7 Å². The fourth-order valence-corrected chi connectivity index (χ4v) is 6.03. The summed E-state index contributed by atoms with van der Waals surface area (Å²) in [5.41, 5.74) is 0.895. The Morgan fingerprint density at radius 2 is 1.72 bits per heavy atom. The van der Waals surface area contributed by atoms with Gasteiger partial charge in [-0.1, -0.05) is 46.8 Å². The summed E-state index contributed by atoms with van der Waals surface area (Å²) < 4.78 is 13.3. The van der Waals surface area contributed by atoms with E-state index in [0.29, 0.717) is 20.5 Å². The minimum atomic E-state index is -1.16. The number of carboxylic acid groups (broad SMARTS) is 1. The van der Waals surface area contributed by atoms with E-state index in [1.54, 1.807) is 24.3 Å². The van der Waals surface area contributed by atoms with Crippen LogP contribution in [0.4, 0.5) is 4.39 Å². The van der Waals surface area contributed by atoms with E-state index >= 15 is 0 Å². The van der Waals surface area contributed by atoms with Gasteiger partial charge in [0.25, 0.3) is 0 Å². The molecule has 0 saturated carbocycles. The molecule has 1 aliphatic rings. The van der Waals surface area contributed by atoms with Crippen LogP contribution in [0.5, 0.6) is 0 Å². The van der Waals surface area contributed by atoms with Gasteiger partial charge in [0.05, 0.1) is 10.9 Å². The Balaban J connectivity index is 1.90. The number of nitrogens with one attached hydrogen (secondary N) is 1. The zero-order valence-corrected chi connectivity index (χ0v) is 17.0. The Labute approximate surface area is 177 Å². The number of H-pyrrole nitrogens is 1. The third-order valence-electron chi connectivity index (χ3n) is 4.76. The molecule has 0 spiro atoms. The van der Waals surface area contributed by atoms with E-state index in [1.807, 2.05) is 0 Å². The van der Waals surface area contributed by atoms with Crippen LogP contribution in [0.25, 0.3) is 0 Å². The quantitative estimate of drug-likeness (QED) is 0.576. The van der Waals surface area contributed by atoms with E-state index in [-0.39, 0.29) is 10.4 Å². The number of aromatic nitrogens is 1. The van der Waals surface area contributed by atoms with Gasteiger partial charge in [-0.2, -0.15) is 0 Å². The van der Waals surface area contributed by atoms with Crippen LogP contribution in [-0.2, 0) is 4.79 Å². The molecule has 4 rings (SSSR count). The average Bonchev–Trinajstić information content (AvgIpc) is 3.07. The van der Waals surface area contributed by atoms with Gasteiger partial charge in [-0.3, -0.25) is 14.4 Å². The standard InChI is InChI=1S/C20H13ClFNO4S2/c21-11-5-1-9(2-6-11)13-14(15(24)10-3-7-12(22)8-4-10)17(19(25)26)28-18-16(13)29-20(27)23-18/h1-8,13-14,17H,(H,23,27)(H,25,26)/t13-,14+,17-/m1/s1. The molecule has 3 atom stereocenters. The maximum atomic E-state index is 13.4. The van der Waals surface area contributed by atoms with Gasteiger partial charge in [-0.25, -0.2) is 4.39 Å². The first-order valence-electron chi connectivity index (χ1n) is 8.53. The minimum Gasteiger partial charge on any atom is -0.480 e. The molecule has 0 unspecified atom stereocenters. The van der Waals surface area contributed by atoms with Crippen molar-refractivity contribution in [1.29, 1.82) is 0 Å². The maximum absolute atomic E-state index is 13.4. The van der Waals surface area contributed by atoms with Gasteiger partial charge in [0.15, 0.2) is 5.78 Å². The summed E-state index contributed by atoms with van der Waals surface area (Å²) in [5, 5.41) is 9.68. The second kappa shape index (κ2) is 7.78. The van der Waals surface area contributed by atoms with Crippen molar-refractivity contribution < 1.29 is 19.1 Å². The van der Waals surface area contributed by atoms with Crippen molar-refractivity contribution in [2.24, 2.45) is 5.92 Å². The van der Waals surface area contributed by atoms with E-state index in [1.165, 1.54) is 12.1 Å². The summed E-state index contributed by atoms with van der Waals surface area (Å²) in [7, 11) is 0. The van der Waals surface area contributed by atoms with Crippen LogP contribution in [0.15, 0.2) is 58.4 Å². The molecule has 9 heteroatoms. The maximum Gasteiger partial charge on any atom is 0.317 e. The van der Waals surface area contributed by atoms with E-state index in [4.69, 9.17) is 11.6 Å². The predicted molar refractivity (Wildman–Crippen MR) is 110 cm³/mol. The predicted octanol–water partition coefficient (Wildman–Crippen LogP) is 4.42. The Kier molecular flexibility index (Phi) is 5.33. The van der Waals surface area contributed by atoms with Crippen molar-refractivity contribution in [1.82, 2.24) is 4.98 Å². The van der Waals surface area contributed by atoms with Crippen LogP contribution in [0.1, 0.15) is 26.7 Å². The van der Waals surface area contributed by atoms with Crippen molar-refractivity contribution in [3.8, 4) is 0 Å². The van der Waals surface area contributed by atoms with Crippen molar-refractivity contribution in [2.45, 2.75) is 16.2 Å². The number of ketones is 1. The Bertz CT molecular complexity index is 1140. The molecule has 1 aromatic heterocycles. The van der Waals surface area contributed by atoms with Gasteiger partial charge in [0.1, 0.15) is 11.1 Å². The fraction of sp³-hybridized carbons (Fsp3) is 0.150. The lowest BCUT2D eigenvalue weighted by Crippen LogP contribution is -2.39. The van der Waals surface area contributed by atoms with Crippen LogP contribution in [0, 0.1) is 11.7 Å². The topological polar surface area (TPSA) is 87.2 Å². The lowest BCUT2D eigenvalue weighted by Gasteiger charge is -2.34. The van der Waals surface area contributed by atoms with E-state index in [0.717, 1.165) is 35.2 Å². The van der Waals surface area contributed by atoms with Crippen LogP contribution in [0.2, 0.25) is 5.02 Å². The molecule has 29 heavy (non-hydrogen) atoms. The lowest BCUT2D eigenvalue weighted by molar-refractivity contribution is -0.137. The number of carbonyl (C=O) groups is 2. The molecule has 0 radical (unpaired) electrons. The molecule has 0 amide bonds. The SMILES string of the molecule is O=C(c1ccc(F)cc1)[C@@H]1[C@@H](c2ccc(Cl)cc2)c2sc(=O)[nH]c2S[C@H]1C(=O)O. The molecule has 0 bridgehead atoms. The van der Waals surface area contributed by atoms with Gasteiger partial charge in [0.2, 0.25) is 0 Å². The van der Waals surface area contributed by atoms with Crippen molar-refractivity contribution in [3.63, 3.8) is 0 Å². The number of carbonyl (C=O) groups excluding carboxylic acids is 1. The van der Waals surface area contributed by atoms with E-state index in [9.17, 15) is 23.9 Å². The summed E-state index contributed by atoms with van der Waals surface area (Å²) in [5.74, 6) is -3.70. The molecule has 2 heterocycles. The first kappa shape index (κ1) is 19.9. The van der Waals surface area contributed by atoms with Crippen molar-refractivity contribution >= 4 is 46.5 Å². The summed E-state index contributed by atoms with van der Waals surface area (Å²) in [6.45, 7) is 0. The Morgan fingerprint density at radius 3 is 2.34 bits per heavy atom. The number of thiazole rings is 1. The van der Waals surface area contributed by atoms with Crippen molar-refractivity contribution in [2.75, 3.05) is 0 Å². The molecular formula is C20H13ClFNO4S2. The van der Waals surface area contributed by atoms with Crippen LogP contribution < -0.4 is 4.87 Å². The number of thioether (sulfide) groups is 1. The minimum absolute atomic E-state index is 0.216. The third-order valence-corrected chi connectivity index (χ3v) is 7.41. The number of halogens is 2. The summed E-state index contributed by atoms with van der Waals surface area (Å²) in [6.07, 6.45) is 0. The van der Waals surface area contributed by atoms with E-state index in [2.05, 4.69) is 4.98 Å². The molecule has 1 aliphatic heterocycles. The Hall–Kier alpha value is -2.42. The van der Waals surface area contributed by atoms with Crippen molar-refractivity contribution in [3.05, 3.63) is 85.0 Å². The molecule has 0 saturated heterocycles. The highest BCUT2D eigenvalue weighted by molar-refractivity contribution is 8.00. The summed E-state index contributed by atoms with van der Waals surface area (Å²) >= 11 is 7.91. The molecule has 2 N–H and O–H groups in total. The molecule has 5 nitrogen and oxygen atoms in total. The molecule has 3 aromatic rings. The number of benzene rings is 2. The molecule has 148 valence electrons. The number of aromatic amines is 1. The number of rotatable bonds is 4. The number of hydrogen-bond acceptors (Lipinski definition) is 5. The second-order valence-electron chi connectivity index (χ2n) is 6.51. The zero-order valence-electron chi connectivity index (χ0n) is 14.6. The number of carboxylic acids is 1. The highest BCUT2D eigenvalue weighted by Gasteiger charge is 2.47. The first-order valence-corrected chi connectivity index (χ1v) is 10.6. The zero-order chi connectivity index (χ0) is 20.7. The van der Waals surface area contributed by atoms with Gasteiger partial charge in [-0.05, 0) is 42.0 Å². The molecular weight excluding hydrogens is 437 g/mol. The first-order chi connectivity index (χ1) is 13.8. The van der Waals surface area contributed by atoms with Crippen LogP contribution in [-0.4, -0.2) is 27.1 Å². The summed E-state index contributed by atoms with van der Waals surface area (Å²) in [4.78, 5) is 40.4. The molecule has 0 aliphatic carbocycles. The smallest absolute Gasteiger partial charge is 0.317 e. The number of hydrogen-bond donors (Lipinski definition) is 2. The van der Waals surface area contributed by atoms with Gasteiger partial charge >= 0.3 is 10.8 Å². The van der Waals surface area contributed by atoms with Gasteiger partial charge in [-0.15, -0.1) is 0 Å². The fourth-order valence-electron chi connectivity index (χ4n) is 3.48.